The molecule has 3 rings (SSSR count). The van der Waals surface area contributed by atoms with Crippen molar-refractivity contribution in [2.24, 2.45) is 0 Å². The molecule has 0 unspecified atom stereocenters. The number of anilines is 2. The van der Waals surface area contributed by atoms with Crippen molar-refractivity contribution in [1.82, 2.24) is 20.4 Å². The van der Waals surface area contributed by atoms with Gasteiger partial charge in [0, 0.05) is 25.3 Å². The summed E-state index contributed by atoms with van der Waals surface area (Å²) in [6, 6.07) is 7.28. The Morgan fingerprint density at radius 2 is 2.00 bits per heavy atom. The summed E-state index contributed by atoms with van der Waals surface area (Å²) in [5.41, 5.74) is -0.0389. The van der Waals surface area contributed by atoms with Crippen molar-refractivity contribution in [3.63, 3.8) is 0 Å². The predicted octanol–water partition coefficient (Wildman–Crippen LogP) is 1.05. The van der Waals surface area contributed by atoms with Crippen molar-refractivity contribution in [3.05, 3.63) is 36.2 Å². The van der Waals surface area contributed by atoms with E-state index in [1.54, 1.807) is 12.3 Å². The Labute approximate surface area is 127 Å². The van der Waals surface area contributed by atoms with Gasteiger partial charge in [-0.3, -0.25) is 0 Å². The molecule has 114 valence electrons. The number of hydrogen-bond acceptors (Lipinski definition) is 7. The summed E-state index contributed by atoms with van der Waals surface area (Å²) in [5, 5.41) is 27.8. The second-order valence-corrected chi connectivity index (χ2v) is 5.10. The van der Waals surface area contributed by atoms with Crippen molar-refractivity contribution in [3.8, 4) is 0 Å². The summed E-state index contributed by atoms with van der Waals surface area (Å²) >= 11 is 0. The van der Waals surface area contributed by atoms with Crippen LogP contribution in [0, 0.1) is 0 Å². The third-order valence-electron chi connectivity index (χ3n) is 3.61. The number of aromatic carboxylic acids is 1. The van der Waals surface area contributed by atoms with E-state index >= 15 is 0 Å². The fraction of sp³-hybridized carbons (Fsp3) is 0.357. The summed E-state index contributed by atoms with van der Waals surface area (Å²) in [7, 11) is 0. The van der Waals surface area contributed by atoms with E-state index in [0.29, 0.717) is 11.9 Å². The lowest BCUT2D eigenvalue weighted by molar-refractivity contribution is 0.0689. The number of nitrogens with zero attached hydrogens (tertiary/aromatic N) is 5. The van der Waals surface area contributed by atoms with Crippen LogP contribution in [0.3, 0.4) is 0 Å². The first-order chi connectivity index (χ1) is 10.7. The van der Waals surface area contributed by atoms with Gasteiger partial charge in [-0.2, -0.15) is 5.10 Å². The average molecular weight is 300 g/mol. The van der Waals surface area contributed by atoms with Crippen LogP contribution in [0.2, 0.25) is 0 Å². The lowest BCUT2D eigenvalue weighted by Gasteiger charge is -2.32. The van der Waals surface area contributed by atoms with Gasteiger partial charge in [-0.25, -0.2) is 4.79 Å². The molecule has 1 aliphatic rings. The number of piperidine rings is 1. The minimum absolute atomic E-state index is 0.0389. The van der Waals surface area contributed by atoms with Crippen molar-refractivity contribution in [1.29, 1.82) is 0 Å². The van der Waals surface area contributed by atoms with Gasteiger partial charge in [0.1, 0.15) is 5.82 Å². The molecule has 0 aliphatic carbocycles. The summed E-state index contributed by atoms with van der Waals surface area (Å²) in [6.07, 6.45) is 3.53. The van der Waals surface area contributed by atoms with Gasteiger partial charge >= 0.3 is 5.97 Å². The number of hydrogen-bond donors (Lipinski definition) is 2. The molecule has 2 aromatic rings. The van der Waals surface area contributed by atoms with E-state index in [1.165, 1.54) is 6.07 Å². The molecule has 1 aliphatic heterocycles. The van der Waals surface area contributed by atoms with E-state index in [0.717, 1.165) is 31.7 Å². The monoisotopic (exact) mass is 300 g/mol. The zero-order chi connectivity index (χ0) is 15.4. The minimum atomic E-state index is -1.06. The van der Waals surface area contributed by atoms with Crippen LogP contribution in [0.25, 0.3) is 0 Å². The largest absolute Gasteiger partial charge is 0.476 e. The summed E-state index contributed by atoms with van der Waals surface area (Å²) in [5.74, 6) is 0.431. The smallest absolute Gasteiger partial charge is 0.356 e. The lowest BCUT2D eigenvalue weighted by Crippen LogP contribution is -2.39. The first-order valence-corrected chi connectivity index (χ1v) is 7.08. The first-order valence-electron chi connectivity index (χ1n) is 7.08. The number of nitrogens with one attached hydrogen (secondary N) is 1. The Bertz CT molecular complexity index is 626. The molecule has 8 nitrogen and oxygen atoms in total. The number of carbonyl (C=O) groups is 1. The summed E-state index contributed by atoms with van der Waals surface area (Å²) in [6.45, 7) is 1.66. The van der Waals surface area contributed by atoms with E-state index in [2.05, 4.69) is 30.6 Å². The second-order valence-electron chi connectivity index (χ2n) is 5.10. The zero-order valence-corrected chi connectivity index (χ0v) is 11.9. The molecule has 1 fully saturated rings. The number of carboxylic acids is 1. The normalized spacial score (nSPS) is 15.5. The summed E-state index contributed by atoms with van der Waals surface area (Å²) < 4.78 is 0. The molecule has 0 spiro atoms. The van der Waals surface area contributed by atoms with Crippen LogP contribution in [-0.4, -0.2) is 50.6 Å². The average Bonchev–Trinajstić information content (AvgIpc) is 2.57. The first kappa shape index (κ1) is 14.2. The fourth-order valence-electron chi connectivity index (χ4n) is 2.45. The van der Waals surface area contributed by atoms with Crippen molar-refractivity contribution >= 4 is 17.6 Å². The number of rotatable bonds is 4. The maximum atomic E-state index is 10.8. The summed E-state index contributed by atoms with van der Waals surface area (Å²) in [4.78, 5) is 12.9. The van der Waals surface area contributed by atoms with Crippen molar-refractivity contribution in [2.45, 2.75) is 18.9 Å². The molecule has 0 aromatic carbocycles. The third-order valence-corrected chi connectivity index (χ3v) is 3.61. The molecule has 0 radical (unpaired) electrons. The topological polar surface area (TPSA) is 104 Å². The third kappa shape index (κ3) is 3.27. The molecule has 1 saturated heterocycles. The number of carboxylic acid groups (broad SMARTS) is 1. The molecule has 22 heavy (non-hydrogen) atoms. The maximum Gasteiger partial charge on any atom is 0.356 e. The van der Waals surface area contributed by atoms with Crippen LogP contribution in [0.4, 0.5) is 11.6 Å². The predicted molar refractivity (Wildman–Crippen MR) is 79.9 cm³/mol. The van der Waals surface area contributed by atoms with Crippen LogP contribution < -0.4 is 10.2 Å². The Hall–Kier alpha value is -2.77. The second kappa shape index (κ2) is 6.33. The standard InChI is InChI=1S/C14H16N6O2/c21-14(22)11-3-4-13(19-17-11)20-8-5-10(6-9-20)16-12-2-1-7-15-18-12/h1-4,7,10H,5-6,8-9H2,(H,16,18)(H,21,22). The quantitative estimate of drug-likeness (QED) is 0.863. The van der Waals surface area contributed by atoms with E-state index in [1.807, 2.05) is 12.1 Å². The molecular formula is C14H16N6O2. The molecule has 0 bridgehead atoms. The van der Waals surface area contributed by atoms with Gasteiger partial charge in [-0.1, -0.05) is 0 Å². The molecule has 0 amide bonds. The van der Waals surface area contributed by atoms with Gasteiger partial charge in [-0.15, -0.1) is 15.3 Å². The van der Waals surface area contributed by atoms with E-state index in [4.69, 9.17) is 5.11 Å². The molecule has 3 heterocycles. The highest BCUT2D eigenvalue weighted by atomic mass is 16.4. The Balaban J connectivity index is 1.56. The lowest BCUT2D eigenvalue weighted by atomic mass is 10.1. The van der Waals surface area contributed by atoms with E-state index < -0.39 is 5.97 Å². The Morgan fingerprint density at radius 1 is 1.18 bits per heavy atom. The Morgan fingerprint density at radius 3 is 2.59 bits per heavy atom. The van der Waals surface area contributed by atoms with Crippen LogP contribution in [0.1, 0.15) is 23.3 Å². The molecule has 0 atom stereocenters. The molecule has 2 N–H and O–H groups in total. The van der Waals surface area contributed by atoms with Crippen LogP contribution in [-0.2, 0) is 0 Å². The van der Waals surface area contributed by atoms with Crippen LogP contribution in [0.5, 0.6) is 0 Å². The van der Waals surface area contributed by atoms with Crippen molar-refractivity contribution < 1.29 is 9.90 Å². The molecule has 8 heteroatoms. The van der Waals surface area contributed by atoms with Gasteiger partial charge < -0.3 is 15.3 Å². The number of aromatic nitrogens is 4. The maximum absolute atomic E-state index is 10.8. The van der Waals surface area contributed by atoms with Gasteiger partial charge in [-0.05, 0) is 37.1 Å². The molecular weight excluding hydrogens is 284 g/mol. The van der Waals surface area contributed by atoms with Crippen LogP contribution >= 0.6 is 0 Å². The van der Waals surface area contributed by atoms with Crippen molar-refractivity contribution in [2.75, 3.05) is 23.3 Å². The van der Waals surface area contributed by atoms with Crippen LogP contribution in [0.15, 0.2) is 30.5 Å². The highest BCUT2D eigenvalue weighted by Crippen LogP contribution is 2.19. The minimum Gasteiger partial charge on any atom is -0.476 e. The van der Waals surface area contributed by atoms with E-state index in [9.17, 15) is 4.79 Å². The van der Waals surface area contributed by atoms with Gasteiger partial charge in [0.05, 0.1) is 0 Å². The van der Waals surface area contributed by atoms with Gasteiger partial charge in [0.25, 0.3) is 0 Å². The zero-order valence-electron chi connectivity index (χ0n) is 11.9. The highest BCUT2D eigenvalue weighted by molar-refractivity contribution is 5.85. The SMILES string of the molecule is O=C(O)c1ccc(N2CCC(Nc3cccnn3)CC2)nn1. The Kier molecular flexibility index (Phi) is 4.08. The van der Waals surface area contributed by atoms with Gasteiger partial charge in [0.2, 0.25) is 0 Å². The van der Waals surface area contributed by atoms with E-state index in [-0.39, 0.29) is 5.69 Å². The fourth-order valence-corrected chi connectivity index (χ4v) is 2.45. The molecule has 2 aromatic heterocycles. The highest BCUT2D eigenvalue weighted by Gasteiger charge is 2.21. The molecule has 0 saturated carbocycles. The van der Waals surface area contributed by atoms with Gasteiger partial charge in [0.15, 0.2) is 11.5 Å².